The summed E-state index contributed by atoms with van der Waals surface area (Å²) in [6.45, 7) is 4.34. The number of methoxy groups -OCH3 is 1. The van der Waals surface area contributed by atoms with Crippen LogP contribution in [0, 0.1) is 5.41 Å². The number of alkyl halides is 1. The molecule has 16 heavy (non-hydrogen) atoms. The lowest BCUT2D eigenvalue weighted by Gasteiger charge is -2.49. The maximum Gasteiger partial charge on any atom is 0.168 e. The molecule has 2 atom stereocenters. The predicted molar refractivity (Wildman–Crippen MR) is 66.2 cm³/mol. The standard InChI is InChI=1S/C12H17ClN2O/c1-12(2)9(13)7-10(12)15-11-8(16-3)5-4-6-14-11/h4-6,9-10H,7H2,1-3H3,(H,14,15). The normalized spacial score (nSPS) is 27.0. The van der Waals surface area contributed by atoms with Crippen LogP contribution in [-0.4, -0.2) is 23.5 Å². The molecule has 0 aromatic carbocycles. The number of aromatic nitrogens is 1. The van der Waals surface area contributed by atoms with Crippen molar-refractivity contribution in [2.45, 2.75) is 31.7 Å². The van der Waals surface area contributed by atoms with E-state index in [0.29, 0.717) is 6.04 Å². The Balaban J connectivity index is 2.11. The van der Waals surface area contributed by atoms with Gasteiger partial charge in [-0.3, -0.25) is 0 Å². The molecule has 2 rings (SSSR count). The smallest absolute Gasteiger partial charge is 0.168 e. The topological polar surface area (TPSA) is 34.1 Å². The number of pyridine rings is 1. The highest BCUT2D eigenvalue weighted by Crippen LogP contribution is 2.46. The van der Waals surface area contributed by atoms with E-state index < -0.39 is 0 Å². The Kier molecular flexibility index (Phi) is 2.98. The van der Waals surface area contributed by atoms with Gasteiger partial charge in [0.15, 0.2) is 11.6 Å². The highest BCUT2D eigenvalue weighted by Gasteiger charge is 2.47. The summed E-state index contributed by atoms with van der Waals surface area (Å²) in [5, 5.41) is 3.63. The molecule has 0 aliphatic heterocycles. The Morgan fingerprint density at radius 3 is 2.88 bits per heavy atom. The van der Waals surface area contributed by atoms with Crippen LogP contribution in [-0.2, 0) is 0 Å². The van der Waals surface area contributed by atoms with Crippen LogP contribution < -0.4 is 10.1 Å². The lowest BCUT2D eigenvalue weighted by molar-refractivity contribution is 0.168. The number of hydrogen-bond donors (Lipinski definition) is 1. The summed E-state index contributed by atoms with van der Waals surface area (Å²) in [5.74, 6) is 1.57. The summed E-state index contributed by atoms with van der Waals surface area (Å²) >= 11 is 6.18. The van der Waals surface area contributed by atoms with Crippen LogP contribution in [0.1, 0.15) is 20.3 Å². The summed E-state index contributed by atoms with van der Waals surface area (Å²) in [4.78, 5) is 4.28. The van der Waals surface area contributed by atoms with Gasteiger partial charge in [0.25, 0.3) is 0 Å². The van der Waals surface area contributed by atoms with Crippen LogP contribution in [0.15, 0.2) is 18.3 Å². The summed E-state index contributed by atoms with van der Waals surface area (Å²) in [6.07, 6.45) is 2.73. The van der Waals surface area contributed by atoms with Crippen molar-refractivity contribution in [1.29, 1.82) is 0 Å². The van der Waals surface area contributed by atoms with Gasteiger partial charge in [0.1, 0.15) is 0 Å². The van der Waals surface area contributed by atoms with Gasteiger partial charge in [0.05, 0.1) is 7.11 Å². The van der Waals surface area contributed by atoms with Gasteiger partial charge < -0.3 is 10.1 Å². The summed E-state index contributed by atoms with van der Waals surface area (Å²) in [7, 11) is 1.65. The molecular weight excluding hydrogens is 224 g/mol. The first-order valence-corrected chi connectivity index (χ1v) is 5.89. The van der Waals surface area contributed by atoms with Gasteiger partial charge >= 0.3 is 0 Å². The highest BCUT2D eigenvalue weighted by atomic mass is 35.5. The molecule has 1 fully saturated rings. The van der Waals surface area contributed by atoms with Gasteiger partial charge in [-0.15, -0.1) is 11.6 Å². The zero-order chi connectivity index (χ0) is 11.8. The largest absolute Gasteiger partial charge is 0.493 e. The second-order valence-electron chi connectivity index (χ2n) is 4.78. The third kappa shape index (κ3) is 1.84. The van der Waals surface area contributed by atoms with E-state index in [1.807, 2.05) is 12.1 Å². The molecule has 1 aromatic rings. The molecule has 0 bridgehead atoms. The Labute approximate surface area is 101 Å². The third-order valence-electron chi connectivity index (χ3n) is 3.45. The van der Waals surface area contributed by atoms with Crippen molar-refractivity contribution < 1.29 is 4.74 Å². The van der Waals surface area contributed by atoms with Crippen molar-refractivity contribution in [3.63, 3.8) is 0 Å². The number of hydrogen-bond acceptors (Lipinski definition) is 3. The number of rotatable bonds is 3. The zero-order valence-corrected chi connectivity index (χ0v) is 10.6. The first-order chi connectivity index (χ1) is 7.55. The van der Waals surface area contributed by atoms with Crippen LogP contribution in [0.5, 0.6) is 5.75 Å². The average Bonchev–Trinajstić information content (AvgIpc) is 2.29. The molecule has 0 spiro atoms. The maximum atomic E-state index is 6.18. The SMILES string of the molecule is COc1cccnc1NC1CC(Cl)C1(C)C. The third-order valence-corrected chi connectivity index (χ3v) is 4.19. The van der Waals surface area contributed by atoms with Crippen LogP contribution in [0.25, 0.3) is 0 Å². The Bertz CT molecular complexity index is 381. The van der Waals surface area contributed by atoms with Gasteiger partial charge in [-0.1, -0.05) is 13.8 Å². The first kappa shape index (κ1) is 11.5. The highest BCUT2D eigenvalue weighted by molar-refractivity contribution is 6.21. The van der Waals surface area contributed by atoms with Crippen molar-refractivity contribution >= 4 is 17.4 Å². The average molecular weight is 241 g/mol. The molecule has 2 unspecified atom stereocenters. The summed E-state index contributed by atoms with van der Waals surface area (Å²) in [6, 6.07) is 4.12. The first-order valence-electron chi connectivity index (χ1n) is 5.45. The zero-order valence-electron chi connectivity index (χ0n) is 9.83. The van der Waals surface area contributed by atoms with Crippen LogP contribution >= 0.6 is 11.6 Å². The minimum absolute atomic E-state index is 0.101. The van der Waals surface area contributed by atoms with Crippen LogP contribution in [0.4, 0.5) is 5.82 Å². The number of halogens is 1. The predicted octanol–water partition coefficient (Wildman–Crippen LogP) is 2.91. The van der Waals surface area contributed by atoms with Crippen molar-refractivity contribution in [2.24, 2.45) is 5.41 Å². The van der Waals surface area contributed by atoms with E-state index in [1.165, 1.54) is 0 Å². The molecule has 1 N–H and O–H groups in total. The van der Waals surface area contributed by atoms with Gasteiger partial charge in [-0.05, 0) is 18.6 Å². The van der Waals surface area contributed by atoms with Crippen LogP contribution in [0.2, 0.25) is 0 Å². The van der Waals surface area contributed by atoms with E-state index in [0.717, 1.165) is 18.0 Å². The number of nitrogens with zero attached hydrogens (tertiary/aromatic N) is 1. The van der Waals surface area contributed by atoms with E-state index in [4.69, 9.17) is 16.3 Å². The quantitative estimate of drug-likeness (QED) is 0.825. The van der Waals surface area contributed by atoms with Gasteiger partial charge in [-0.25, -0.2) is 4.98 Å². The molecule has 1 heterocycles. The van der Waals surface area contributed by atoms with E-state index in [-0.39, 0.29) is 10.8 Å². The Hall–Kier alpha value is -0.960. The van der Waals surface area contributed by atoms with E-state index in [9.17, 15) is 0 Å². The lowest BCUT2D eigenvalue weighted by atomic mass is 9.67. The molecular formula is C12H17ClN2O. The fraction of sp³-hybridized carbons (Fsp3) is 0.583. The van der Waals surface area contributed by atoms with Crippen molar-refractivity contribution in [2.75, 3.05) is 12.4 Å². The Morgan fingerprint density at radius 2 is 2.31 bits per heavy atom. The number of anilines is 1. The van der Waals surface area contributed by atoms with Gasteiger partial charge in [0.2, 0.25) is 0 Å². The monoisotopic (exact) mass is 240 g/mol. The molecule has 0 radical (unpaired) electrons. The van der Waals surface area contributed by atoms with Crippen molar-refractivity contribution in [3.05, 3.63) is 18.3 Å². The van der Waals surface area contributed by atoms with E-state index in [1.54, 1.807) is 13.3 Å². The van der Waals surface area contributed by atoms with Gasteiger partial charge in [0, 0.05) is 23.0 Å². The Morgan fingerprint density at radius 1 is 1.56 bits per heavy atom. The molecule has 3 nitrogen and oxygen atoms in total. The summed E-state index contributed by atoms with van der Waals surface area (Å²) in [5.41, 5.74) is 0.101. The molecule has 1 aliphatic rings. The molecule has 1 aliphatic carbocycles. The lowest BCUT2D eigenvalue weighted by Crippen LogP contribution is -2.54. The molecule has 1 saturated carbocycles. The number of nitrogens with one attached hydrogen (secondary N) is 1. The second-order valence-corrected chi connectivity index (χ2v) is 5.30. The van der Waals surface area contributed by atoms with E-state index in [2.05, 4.69) is 24.1 Å². The fourth-order valence-corrected chi connectivity index (χ4v) is 2.28. The molecule has 4 heteroatoms. The molecule has 1 aromatic heterocycles. The fourth-order valence-electron chi connectivity index (χ4n) is 1.95. The second kappa shape index (κ2) is 4.13. The van der Waals surface area contributed by atoms with E-state index >= 15 is 0 Å². The minimum Gasteiger partial charge on any atom is -0.493 e. The number of ether oxygens (including phenoxy) is 1. The van der Waals surface area contributed by atoms with Gasteiger partial charge in [-0.2, -0.15) is 0 Å². The maximum absolute atomic E-state index is 6.18. The van der Waals surface area contributed by atoms with Crippen molar-refractivity contribution in [1.82, 2.24) is 4.98 Å². The minimum atomic E-state index is 0.101. The molecule has 0 saturated heterocycles. The van der Waals surface area contributed by atoms with Crippen molar-refractivity contribution in [3.8, 4) is 5.75 Å². The summed E-state index contributed by atoms with van der Waals surface area (Å²) < 4.78 is 5.25. The van der Waals surface area contributed by atoms with Crippen LogP contribution in [0.3, 0.4) is 0 Å². The molecule has 88 valence electrons. The molecule has 0 amide bonds.